The van der Waals surface area contributed by atoms with E-state index >= 15 is 0 Å². The lowest BCUT2D eigenvalue weighted by Crippen LogP contribution is -2.24. The van der Waals surface area contributed by atoms with E-state index < -0.39 is 0 Å². The van der Waals surface area contributed by atoms with Crippen molar-refractivity contribution in [1.29, 1.82) is 0 Å². The van der Waals surface area contributed by atoms with Crippen molar-refractivity contribution in [3.05, 3.63) is 53.1 Å². The Morgan fingerprint density at radius 1 is 1.16 bits per heavy atom. The van der Waals surface area contributed by atoms with Crippen LogP contribution in [0.1, 0.15) is 23.6 Å². The van der Waals surface area contributed by atoms with E-state index in [0.29, 0.717) is 18.0 Å². The van der Waals surface area contributed by atoms with Crippen molar-refractivity contribution in [3.63, 3.8) is 0 Å². The molecule has 5 nitrogen and oxygen atoms in total. The van der Waals surface area contributed by atoms with Crippen LogP contribution in [-0.4, -0.2) is 19.2 Å². The maximum atomic E-state index is 12.3. The van der Waals surface area contributed by atoms with E-state index in [-0.39, 0.29) is 18.4 Å². The molecule has 6 heteroatoms. The summed E-state index contributed by atoms with van der Waals surface area (Å²) < 4.78 is 5.57. The molecule has 3 rings (SSSR count). The molecule has 25 heavy (non-hydrogen) atoms. The van der Waals surface area contributed by atoms with Gasteiger partial charge in [-0.2, -0.15) is 0 Å². The smallest absolute Gasteiger partial charge is 0.323 e. The van der Waals surface area contributed by atoms with Gasteiger partial charge in [-0.15, -0.1) is 12.4 Å². The Morgan fingerprint density at radius 3 is 2.80 bits per heavy atom. The number of urea groups is 1. The van der Waals surface area contributed by atoms with Crippen LogP contribution in [0.25, 0.3) is 0 Å². The van der Waals surface area contributed by atoms with E-state index in [2.05, 4.69) is 28.1 Å². The van der Waals surface area contributed by atoms with Crippen LogP contribution in [-0.2, 0) is 13.0 Å². The predicted octanol–water partition coefficient (Wildman–Crippen LogP) is 4.11. The third kappa shape index (κ3) is 4.87. The largest absolute Gasteiger partial charge is 0.492 e. The van der Waals surface area contributed by atoms with Crippen LogP contribution in [0.4, 0.5) is 16.2 Å². The first-order valence-electron chi connectivity index (χ1n) is 8.29. The average Bonchev–Trinajstić information content (AvgIpc) is 2.57. The van der Waals surface area contributed by atoms with Crippen molar-refractivity contribution in [2.75, 3.05) is 23.8 Å². The Bertz CT molecular complexity index is 749. The maximum absolute atomic E-state index is 12.3. The van der Waals surface area contributed by atoms with Crippen molar-refractivity contribution in [2.24, 2.45) is 0 Å². The molecule has 0 aliphatic carbocycles. The molecule has 1 aliphatic rings. The summed E-state index contributed by atoms with van der Waals surface area (Å²) in [5.74, 6) is 0.676. The lowest BCUT2D eigenvalue weighted by Gasteiger charge is -2.18. The van der Waals surface area contributed by atoms with Gasteiger partial charge in [0, 0.05) is 12.2 Å². The van der Waals surface area contributed by atoms with E-state index in [4.69, 9.17) is 4.74 Å². The number of rotatable bonds is 4. The molecule has 0 fully saturated rings. The molecule has 1 heterocycles. The number of benzene rings is 2. The van der Waals surface area contributed by atoms with Crippen molar-refractivity contribution in [2.45, 2.75) is 26.8 Å². The zero-order valence-electron chi connectivity index (χ0n) is 14.5. The van der Waals surface area contributed by atoms with Gasteiger partial charge in [0.05, 0.1) is 12.3 Å². The topological polar surface area (TPSA) is 62.4 Å². The van der Waals surface area contributed by atoms with E-state index in [1.807, 2.05) is 38.1 Å². The Labute approximate surface area is 154 Å². The summed E-state index contributed by atoms with van der Waals surface area (Å²) in [6.07, 6.45) is 0.985. The number of anilines is 2. The van der Waals surface area contributed by atoms with Crippen LogP contribution in [0, 0.1) is 6.92 Å². The molecule has 0 saturated carbocycles. The lowest BCUT2D eigenvalue weighted by molar-refractivity contribution is 0.262. The van der Waals surface area contributed by atoms with Gasteiger partial charge in [0.25, 0.3) is 0 Å². The number of hydrogen-bond donors (Lipinski definition) is 3. The SMILES string of the molecule is CCOc1ccc(C)cc1NC(=O)Nc1ccc2c(c1)CCNC2.Cl. The van der Waals surface area contributed by atoms with Crippen LogP contribution < -0.4 is 20.7 Å². The highest BCUT2D eigenvalue weighted by Gasteiger charge is 2.12. The fourth-order valence-corrected chi connectivity index (χ4v) is 2.86. The predicted molar refractivity (Wildman–Crippen MR) is 104 cm³/mol. The first-order chi connectivity index (χ1) is 11.7. The third-order valence-corrected chi connectivity index (χ3v) is 4.03. The first-order valence-corrected chi connectivity index (χ1v) is 8.29. The highest BCUT2D eigenvalue weighted by molar-refractivity contribution is 6.00. The summed E-state index contributed by atoms with van der Waals surface area (Å²) in [5, 5.41) is 9.12. The Kier molecular flexibility index (Phi) is 6.67. The second-order valence-corrected chi connectivity index (χ2v) is 5.92. The van der Waals surface area contributed by atoms with Gasteiger partial charge in [-0.1, -0.05) is 12.1 Å². The Balaban J connectivity index is 0.00000225. The molecule has 0 spiro atoms. The van der Waals surface area contributed by atoms with E-state index in [1.54, 1.807) is 0 Å². The van der Waals surface area contributed by atoms with Gasteiger partial charge in [-0.3, -0.25) is 0 Å². The number of ether oxygens (including phenoxy) is 1. The Morgan fingerprint density at radius 2 is 2.00 bits per heavy atom. The number of halogens is 1. The molecule has 0 saturated heterocycles. The summed E-state index contributed by atoms with van der Waals surface area (Å²) in [6, 6.07) is 11.5. The molecule has 3 N–H and O–H groups in total. The van der Waals surface area contributed by atoms with Crippen LogP contribution >= 0.6 is 12.4 Å². The molecular weight excluding hydrogens is 338 g/mol. The minimum atomic E-state index is -0.268. The monoisotopic (exact) mass is 361 g/mol. The second kappa shape index (κ2) is 8.74. The van der Waals surface area contributed by atoms with Crippen molar-refractivity contribution < 1.29 is 9.53 Å². The highest BCUT2D eigenvalue weighted by atomic mass is 35.5. The number of aryl methyl sites for hydroxylation is 1. The minimum Gasteiger partial charge on any atom is -0.492 e. The third-order valence-electron chi connectivity index (χ3n) is 4.03. The van der Waals surface area contributed by atoms with Gasteiger partial charge < -0.3 is 20.7 Å². The number of carbonyl (C=O) groups excluding carboxylic acids is 1. The van der Waals surface area contributed by atoms with Crippen molar-refractivity contribution in [3.8, 4) is 5.75 Å². The van der Waals surface area contributed by atoms with Gasteiger partial charge in [0.2, 0.25) is 0 Å². The lowest BCUT2D eigenvalue weighted by atomic mass is 10.0. The number of hydrogen-bond acceptors (Lipinski definition) is 3. The van der Waals surface area contributed by atoms with Crippen LogP contribution in [0.15, 0.2) is 36.4 Å². The molecule has 0 unspecified atom stereocenters. The number of fused-ring (bicyclic) bond motifs is 1. The second-order valence-electron chi connectivity index (χ2n) is 5.92. The van der Waals surface area contributed by atoms with Gasteiger partial charge in [-0.25, -0.2) is 4.79 Å². The molecule has 0 aromatic heterocycles. The number of nitrogens with one attached hydrogen (secondary N) is 3. The minimum absolute atomic E-state index is 0. The highest BCUT2D eigenvalue weighted by Crippen LogP contribution is 2.26. The maximum Gasteiger partial charge on any atom is 0.323 e. The molecule has 2 aromatic carbocycles. The summed E-state index contributed by atoms with van der Waals surface area (Å²) in [5.41, 5.74) is 5.13. The van der Waals surface area contributed by atoms with Gasteiger partial charge in [0.15, 0.2) is 0 Å². The summed E-state index contributed by atoms with van der Waals surface area (Å²) in [4.78, 5) is 12.3. The fraction of sp³-hybridized carbons (Fsp3) is 0.316. The number of carbonyl (C=O) groups is 1. The molecule has 0 radical (unpaired) electrons. The quantitative estimate of drug-likeness (QED) is 0.768. The zero-order chi connectivity index (χ0) is 16.9. The molecule has 1 aliphatic heterocycles. The van der Waals surface area contributed by atoms with E-state index in [9.17, 15) is 4.79 Å². The van der Waals surface area contributed by atoms with Crippen LogP contribution in [0.2, 0.25) is 0 Å². The van der Waals surface area contributed by atoms with E-state index in [0.717, 1.165) is 30.8 Å². The zero-order valence-corrected chi connectivity index (χ0v) is 15.3. The normalized spacial score (nSPS) is 12.6. The van der Waals surface area contributed by atoms with Crippen molar-refractivity contribution >= 4 is 29.8 Å². The molecule has 0 bridgehead atoms. The standard InChI is InChI=1S/C19H23N3O2.ClH/c1-3-24-18-7-4-13(2)10-17(18)22-19(23)21-16-6-5-15-12-20-9-8-14(15)11-16;/h4-7,10-11,20H,3,8-9,12H2,1-2H3,(H2,21,22,23);1H. The number of amides is 2. The van der Waals surface area contributed by atoms with Gasteiger partial charge in [-0.05, 0) is 67.8 Å². The van der Waals surface area contributed by atoms with Crippen LogP contribution in [0.3, 0.4) is 0 Å². The van der Waals surface area contributed by atoms with Crippen LogP contribution in [0.5, 0.6) is 5.75 Å². The molecule has 0 atom stereocenters. The first kappa shape index (κ1) is 19.1. The van der Waals surface area contributed by atoms with Crippen molar-refractivity contribution in [1.82, 2.24) is 5.32 Å². The van der Waals surface area contributed by atoms with Gasteiger partial charge >= 0.3 is 6.03 Å². The molecule has 2 amide bonds. The van der Waals surface area contributed by atoms with Gasteiger partial charge in [0.1, 0.15) is 5.75 Å². The summed E-state index contributed by atoms with van der Waals surface area (Å²) in [7, 11) is 0. The fourth-order valence-electron chi connectivity index (χ4n) is 2.86. The summed E-state index contributed by atoms with van der Waals surface area (Å²) >= 11 is 0. The summed E-state index contributed by atoms with van der Waals surface area (Å²) in [6.45, 7) is 6.33. The van der Waals surface area contributed by atoms with E-state index in [1.165, 1.54) is 11.1 Å². The molecular formula is C19H24ClN3O2. The molecule has 134 valence electrons. The average molecular weight is 362 g/mol. The molecule has 2 aromatic rings. The Hall–Kier alpha value is -2.24.